The zero-order valence-electron chi connectivity index (χ0n) is 13.1. The minimum absolute atomic E-state index is 0.0295. The summed E-state index contributed by atoms with van der Waals surface area (Å²) < 4.78 is 12.9. The van der Waals surface area contributed by atoms with E-state index in [0.29, 0.717) is 6.04 Å². The first-order valence-electron chi connectivity index (χ1n) is 8.02. The average molecular weight is 294 g/mol. The van der Waals surface area contributed by atoms with Crippen molar-refractivity contribution < 1.29 is 9.50 Å². The van der Waals surface area contributed by atoms with Crippen LogP contribution in [0.3, 0.4) is 0 Å². The van der Waals surface area contributed by atoms with E-state index in [-0.39, 0.29) is 11.9 Å². The van der Waals surface area contributed by atoms with Crippen molar-refractivity contribution in [2.75, 3.05) is 19.6 Å². The number of halogens is 1. The van der Waals surface area contributed by atoms with Crippen LogP contribution in [0.2, 0.25) is 0 Å². The molecule has 1 heterocycles. The van der Waals surface area contributed by atoms with Crippen molar-refractivity contribution in [3.05, 3.63) is 35.6 Å². The Balaban J connectivity index is 1.81. The van der Waals surface area contributed by atoms with E-state index in [1.807, 2.05) is 6.92 Å². The summed E-state index contributed by atoms with van der Waals surface area (Å²) >= 11 is 0. The SMILES string of the molecule is CCCN1CCC(NC(C)C(O)c2ccc(F)cc2)CC1. The second kappa shape index (κ2) is 7.87. The van der Waals surface area contributed by atoms with Gasteiger partial charge in [-0.25, -0.2) is 4.39 Å². The Morgan fingerprint density at radius 3 is 2.48 bits per heavy atom. The maximum atomic E-state index is 12.9. The van der Waals surface area contributed by atoms with Gasteiger partial charge < -0.3 is 15.3 Å². The number of likely N-dealkylation sites (tertiary alicyclic amines) is 1. The van der Waals surface area contributed by atoms with Crippen molar-refractivity contribution in [3.63, 3.8) is 0 Å². The van der Waals surface area contributed by atoms with Gasteiger partial charge in [0.25, 0.3) is 0 Å². The fraction of sp³-hybridized carbons (Fsp3) is 0.647. The highest BCUT2D eigenvalue weighted by Crippen LogP contribution is 2.19. The highest BCUT2D eigenvalue weighted by atomic mass is 19.1. The first-order valence-corrected chi connectivity index (χ1v) is 8.02. The fourth-order valence-corrected chi connectivity index (χ4v) is 3.05. The zero-order chi connectivity index (χ0) is 15.2. The van der Waals surface area contributed by atoms with Gasteiger partial charge in [-0.15, -0.1) is 0 Å². The van der Waals surface area contributed by atoms with Crippen molar-refractivity contribution in [2.45, 2.75) is 51.3 Å². The molecule has 1 fully saturated rings. The molecule has 1 aliphatic rings. The third-order valence-electron chi connectivity index (χ3n) is 4.31. The Hall–Kier alpha value is -0.970. The van der Waals surface area contributed by atoms with Crippen LogP contribution in [-0.2, 0) is 0 Å². The second-order valence-electron chi connectivity index (χ2n) is 6.07. The summed E-state index contributed by atoms with van der Waals surface area (Å²) in [5.41, 5.74) is 0.764. The van der Waals surface area contributed by atoms with Crippen molar-refractivity contribution in [2.24, 2.45) is 0 Å². The summed E-state index contributed by atoms with van der Waals surface area (Å²) in [6.45, 7) is 7.65. The maximum absolute atomic E-state index is 12.9. The largest absolute Gasteiger partial charge is 0.387 e. The van der Waals surface area contributed by atoms with Gasteiger partial charge in [-0.3, -0.25) is 0 Å². The van der Waals surface area contributed by atoms with E-state index >= 15 is 0 Å². The molecular weight excluding hydrogens is 267 g/mol. The minimum atomic E-state index is -0.598. The van der Waals surface area contributed by atoms with Gasteiger partial charge in [-0.05, 0) is 63.5 Å². The van der Waals surface area contributed by atoms with Crippen molar-refractivity contribution in [1.29, 1.82) is 0 Å². The zero-order valence-corrected chi connectivity index (χ0v) is 13.1. The van der Waals surface area contributed by atoms with Gasteiger partial charge >= 0.3 is 0 Å². The smallest absolute Gasteiger partial charge is 0.123 e. The first kappa shape index (κ1) is 16.4. The molecule has 1 aliphatic heterocycles. The molecule has 0 aliphatic carbocycles. The molecule has 1 saturated heterocycles. The van der Waals surface area contributed by atoms with Crippen LogP contribution in [0.1, 0.15) is 44.8 Å². The molecule has 2 rings (SSSR count). The molecule has 118 valence electrons. The molecular formula is C17H27FN2O. The number of hydrogen-bond acceptors (Lipinski definition) is 3. The monoisotopic (exact) mass is 294 g/mol. The van der Waals surface area contributed by atoms with E-state index in [1.54, 1.807) is 12.1 Å². The Labute approximate surface area is 127 Å². The number of rotatable bonds is 6. The summed E-state index contributed by atoms with van der Waals surface area (Å²) in [5, 5.41) is 13.9. The van der Waals surface area contributed by atoms with Gasteiger partial charge in [0.05, 0.1) is 6.10 Å². The highest BCUT2D eigenvalue weighted by molar-refractivity contribution is 5.19. The molecule has 2 unspecified atom stereocenters. The van der Waals surface area contributed by atoms with Gasteiger partial charge in [0.1, 0.15) is 5.82 Å². The highest BCUT2D eigenvalue weighted by Gasteiger charge is 2.23. The number of benzene rings is 1. The summed E-state index contributed by atoms with van der Waals surface area (Å²) in [5.74, 6) is -0.269. The van der Waals surface area contributed by atoms with Crippen molar-refractivity contribution >= 4 is 0 Å². The summed E-state index contributed by atoms with van der Waals surface area (Å²) in [4.78, 5) is 2.50. The molecule has 21 heavy (non-hydrogen) atoms. The van der Waals surface area contributed by atoms with Crippen LogP contribution in [0.15, 0.2) is 24.3 Å². The molecule has 0 bridgehead atoms. The number of aliphatic hydroxyl groups is 1. The third kappa shape index (κ3) is 4.77. The van der Waals surface area contributed by atoms with Crippen molar-refractivity contribution in [3.8, 4) is 0 Å². The average Bonchev–Trinajstić information content (AvgIpc) is 2.49. The molecule has 4 heteroatoms. The van der Waals surface area contributed by atoms with E-state index in [9.17, 15) is 9.50 Å². The van der Waals surface area contributed by atoms with E-state index < -0.39 is 6.10 Å². The summed E-state index contributed by atoms with van der Waals surface area (Å²) in [7, 11) is 0. The van der Waals surface area contributed by atoms with Crippen LogP contribution >= 0.6 is 0 Å². The lowest BCUT2D eigenvalue weighted by molar-refractivity contribution is 0.115. The number of piperidine rings is 1. The fourth-order valence-electron chi connectivity index (χ4n) is 3.05. The van der Waals surface area contributed by atoms with Gasteiger partial charge in [-0.1, -0.05) is 19.1 Å². The molecule has 0 aromatic heterocycles. The molecule has 0 spiro atoms. The standard InChI is InChI=1S/C17H27FN2O/c1-3-10-20-11-8-16(9-12-20)19-13(2)17(21)14-4-6-15(18)7-5-14/h4-7,13,16-17,19,21H,3,8-12H2,1-2H3. The van der Waals surface area contributed by atoms with Crippen LogP contribution < -0.4 is 5.32 Å². The predicted molar refractivity (Wildman–Crippen MR) is 83.7 cm³/mol. The van der Waals surface area contributed by atoms with Crippen LogP contribution in [0.5, 0.6) is 0 Å². The van der Waals surface area contributed by atoms with Gasteiger partial charge in [0, 0.05) is 12.1 Å². The quantitative estimate of drug-likeness (QED) is 0.847. The summed E-state index contributed by atoms with van der Waals surface area (Å²) in [6.07, 6.45) is 2.86. The van der Waals surface area contributed by atoms with E-state index in [2.05, 4.69) is 17.1 Å². The van der Waals surface area contributed by atoms with Crippen LogP contribution in [0, 0.1) is 5.82 Å². The predicted octanol–water partition coefficient (Wildman–Crippen LogP) is 2.71. The number of aliphatic hydroxyl groups excluding tert-OH is 1. The Morgan fingerprint density at radius 2 is 1.90 bits per heavy atom. The lowest BCUT2D eigenvalue weighted by atomic mass is 9.99. The van der Waals surface area contributed by atoms with Crippen LogP contribution in [0.4, 0.5) is 4.39 Å². The Kier molecular flexibility index (Phi) is 6.15. The van der Waals surface area contributed by atoms with Crippen LogP contribution in [0.25, 0.3) is 0 Å². The molecule has 0 saturated carbocycles. The second-order valence-corrected chi connectivity index (χ2v) is 6.07. The third-order valence-corrected chi connectivity index (χ3v) is 4.31. The molecule has 2 N–H and O–H groups in total. The Morgan fingerprint density at radius 1 is 1.29 bits per heavy atom. The normalized spacial score (nSPS) is 20.4. The molecule has 2 atom stereocenters. The molecule has 1 aromatic carbocycles. The number of hydrogen-bond donors (Lipinski definition) is 2. The lowest BCUT2D eigenvalue weighted by Crippen LogP contribution is -2.47. The van der Waals surface area contributed by atoms with E-state index in [1.165, 1.54) is 25.1 Å². The maximum Gasteiger partial charge on any atom is 0.123 e. The van der Waals surface area contributed by atoms with Gasteiger partial charge in [0.2, 0.25) is 0 Å². The number of nitrogens with zero attached hydrogens (tertiary/aromatic N) is 1. The topological polar surface area (TPSA) is 35.5 Å². The van der Waals surface area contributed by atoms with Gasteiger partial charge in [0.15, 0.2) is 0 Å². The van der Waals surface area contributed by atoms with Gasteiger partial charge in [-0.2, -0.15) is 0 Å². The van der Waals surface area contributed by atoms with Crippen LogP contribution in [-0.4, -0.2) is 41.7 Å². The minimum Gasteiger partial charge on any atom is -0.387 e. The summed E-state index contributed by atoms with van der Waals surface area (Å²) in [6, 6.07) is 6.54. The molecule has 0 radical (unpaired) electrons. The first-order chi connectivity index (χ1) is 10.1. The lowest BCUT2D eigenvalue weighted by Gasteiger charge is -2.34. The van der Waals surface area contributed by atoms with E-state index in [0.717, 1.165) is 31.5 Å². The van der Waals surface area contributed by atoms with E-state index in [4.69, 9.17) is 0 Å². The molecule has 0 amide bonds. The Bertz CT molecular complexity index is 415. The van der Waals surface area contributed by atoms with Crippen molar-refractivity contribution in [1.82, 2.24) is 10.2 Å². The number of nitrogens with one attached hydrogen (secondary N) is 1. The molecule has 3 nitrogen and oxygen atoms in total. The molecule has 1 aromatic rings.